The summed E-state index contributed by atoms with van der Waals surface area (Å²) in [5, 5.41) is 2.73. The number of ether oxygens (including phenoxy) is 6. The number of hydrogen-bond acceptors (Lipinski definition) is 12. The summed E-state index contributed by atoms with van der Waals surface area (Å²) in [4.78, 5) is 73.2. The zero-order valence-electron chi connectivity index (χ0n) is 23.0. The van der Waals surface area contributed by atoms with Crippen LogP contribution >= 0.6 is 0 Å². The minimum absolute atomic E-state index is 0.113. The predicted octanol–water partition coefficient (Wildman–Crippen LogP) is 1.34. The highest BCUT2D eigenvalue weighted by atomic mass is 28.3. The summed E-state index contributed by atoms with van der Waals surface area (Å²) < 4.78 is 32.6. The van der Waals surface area contributed by atoms with Crippen LogP contribution in [0.5, 0.6) is 0 Å². The molecule has 0 radical (unpaired) electrons. The Morgan fingerprint density at radius 3 is 1.82 bits per heavy atom. The topological polar surface area (TPSA) is 170 Å². The normalized spacial score (nSPS) is 29.3. The first kappa shape index (κ1) is 31.1. The monoisotopic (exact) mass is 559 g/mol. The van der Waals surface area contributed by atoms with Gasteiger partial charge in [-0.1, -0.05) is 19.6 Å². The highest BCUT2D eigenvalue weighted by Gasteiger charge is 2.90. The Hall–Kier alpha value is -3.16. The van der Waals surface area contributed by atoms with Gasteiger partial charge in [-0.3, -0.25) is 24.0 Å². The van der Waals surface area contributed by atoms with Crippen molar-refractivity contribution in [2.75, 3.05) is 19.8 Å². The van der Waals surface area contributed by atoms with E-state index in [1.807, 2.05) is 0 Å². The van der Waals surface area contributed by atoms with E-state index in [4.69, 9.17) is 28.4 Å². The van der Waals surface area contributed by atoms with Crippen molar-refractivity contribution in [3.8, 4) is 0 Å². The molecule has 1 amide bonds. The fourth-order valence-electron chi connectivity index (χ4n) is 5.15. The van der Waals surface area contributed by atoms with Crippen LogP contribution in [-0.4, -0.2) is 87.2 Å². The molecule has 6 atom stereocenters. The van der Waals surface area contributed by atoms with Gasteiger partial charge in [-0.2, -0.15) is 0 Å². The number of carbonyl (C=O) groups is 6. The van der Waals surface area contributed by atoms with E-state index in [0.717, 1.165) is 27.7 Å². The van der Waals surface area contributed by atoms with Crippen molar-refractivity contribution in [3.05, 3.63) is 0 Å². The molecule has 0 saturated heterocycles. The smallest absolute Gasteiger partial charge is 0.407 e. The molecule has 0 spiro atoms. The minimum atomic E-state index is -2.05. The molecule has 0 aromatic heterocycles. The zero-order valence-corrected chi connectivity index (χ0v) is 24.0. The Balaban J connectivity index is 2.65. The highest BCUT2D eigenvalue weighted by Crippen LogP contribution is 2.68. The average Bonchev–Trinajstić information content (AvgIpc) is 3.32. The third-order valence-electron chi connectivity index (χ3n) is 6.52. The van der Waals surface area contributed by atoms with Crippen molar-refractivity contribution >= 4 is 44.0 Å². The Labute approximate surface area is 222 Å². The van der Waals surface area contributed by atoms with Crippen LogP contribution in [0.15, 0.2) is 0 Å². The standard InChI is InChI=1S/C24H37NO12Si/c1-13(26)33-11-18-19-20(35-15(3)28)21(36-16(4)29)23(37-17(5)30,12-34-14(2)27)24(18,19)25-22(31)32-9-10-38(6,7)8/h18-21H,9-12H2,1-8H3,(H,25,31)/t18-,19+,20+,21+,23+,24-/m1/s1. The van der Waals surface area contributed by atoms with E-state index in [1.165, 1.54) is 6.92 Å². The molecule has 0 bridgehead atoms. The number of amides is 1. The summed E-state index contributed by atoms with van der Waals surface area (Å²) in [7, 11) is -1.55. The molecule has 0 aromatic carbocycles. The lowest BCUT2D eigenvalue weighted by Crippen LogP contribution is -2.67. The second-order valence-corrected chi connectivity index (χ2v) is 16.4. The molecular weight excluding hydrogens is 522 g/mol. The molecule has 2 saturated carbocycles. The van der Waals surface area contributed by atoms with Crippen molar-refractivity contribution in [1.82, 2.24) is 5.32 Å². The number of rotatable bonds is 11. The number of fused-ring (bicyclic) bond motifs is 1. The Kier molecular flexibility index (Phi) is 9.56. The molecule has 2 aliphatic rings. The Morgan fingerprint density at radius 2 is 1.34 bits per heavy atom. The number of alkyl carbamates (subject to hydrolysis) is 1. The molecule has 13 nitrogen and oxygen atoms in total. The largest absolute Gasteiger partial charge is 0.465 e. The molecule has 2 fully saturated rings. The quantitative estimate of drug-likeness (QED) is 0.219. The van der Waals surface area contributed by atoms with Gasteiger partial charge in [-0.15, -0.1) is 0 Å². The number of hydrogen-bond donors (Lipinski definition) is 1. The van der Waals surface area contributed by atoms with E-state index in [2.05, 4.69) is 25.0 Å². The average molecular weight is 560 g/mol. The summed E-state index contributed by atoms with van der Waals surface area (Å²) in [6, 6.07) is 0.669. The van der Waals surface area contributed by atoms with Gasteiger partial charge in [0.15, 0.2) is 6.10 Å². The molecule has 214 valence electrons. The van der Waals surface area contributed by atoms with Gasteiger partial charge in [0.1, 0.15) is 18.2 Å². The minimum Gasteiger partial charge on any atom is -0.465 e. The van der Waals surface area contributed by atoms with Crippen LogP contribution < -0.4 is 5.32 Å². The highest BCUT2D eigenvalue weighted by molar-refractivity contribution is 6.76. The molecule has 2 rings (SSSR count). The number of nitrogens with one attached hydrogen (secondary N) is 1. The lowest BCUT2D eigenvalue weighted by molar-refractivity contribution is -0.213. The van der Waals surface area contributed by atoms with Crippen LogP contribution in [0.3, 0.4) is 0 Å². The van der Waals surface area contributed by atoms with Crippen molar-refractivity contribution in [2.45, 2.75) is 83.7 Å². The van der Waals surface area contributed by atoms with Crippen molar-refractivity contribution in [1.29, 1.82) is 0 Å². The van der Waals surface area contributed by atoms with Crippen LogP contribution in [0, 0.1) is 11.8 Å². The van der Waals surface area contributed by atoms with Gasteiger partial charge in [-0.25, -0.2) is 4.79 Å². The van der Waals surface area contributed by atoms with Crippen LogP contribution in [0.2, 0.25) is 25.7 Å². The van der Waals surface area contributed by atoms with Crippen LogP contribution in [0.25, 0.3) is 0 Å². The van der Waals surface area contributed by atoms with Crippen molar-refractivity contribution < 1.29 is 57.2 Å². The maximum atomic E-state index is 13.1. The third-order valence-corrected chi connectivity index (χ3v) is 8.22. The summed E-state index contributed by atoms with van der Waals surface area (Å²) >= 11 is 0. The van der Waals surface area contributed by atoms with E-state index in [-0.39, 0.29) is 13.2 Å². The fourth-order valence-corrected chi connectivity index (χ4v) is 5.86. The molecular formula is C24H37NO12Si. The SMILES string of the molecule is CC(=O)OC[C@@H]1[C@H]2[C@H](OC(C)=O)[C@H](OC(C)=O)[C@](COC(C)=O)(OC(C)=O)[C@]21NC(=O)OCC[Si](C)(C)C. The summed E-state index contributed by atoms with van der Waals surface area (Å²) in [5.74, 6) is -5.45. The molecule has 0 aliphatic heterocycles. The summed E-state index contributed by atoms with van der Waals surface area (Å²) in [6.45, 7) is 11.1. The second-order valence-electron chi connectivity index (χ2n) is 10.7. The van der Waals surface area contributed by atoms with E-state index in [9.17, 15) is 28.8 Å². The van der Waals surface area contributed by atoms with Crippen LogP contribution in [-0.2, 0) is 52.4 Å². The summed E-state index contributed by atoms with van der Waals surface area (Å²) in [6.07, 6.45) is -3.62. The first-order valence-corrected chi connectivity index (χ1v) is 15.9. The first-order valence-electron chi connectivity index (χ1n) is 12.2. The maximum absolute atomic E-state index is 13.1. The van der Waals surface area contributed by atoms with Gasteiger partial charge < -0.3 is 33.7 Å². The van der Waals surface area contributed by atoms with Gasteiger partial charge >= 0.3 is 35.9 Å². The van der Waals surface area contributed by atoms with E-state index < -0.39 is 85.8 Å². The van der Waals surface area contributed by atoms with Crippen LogP contribution in [0.1, 0.15) is 34.6 Å². The molecule has 2 aliphatic carbocycles. The number of esters is 5. The lowest BCUT2D eigenvalue weighted by Gasteiger charge is -2.42. The summed E-state index contributed by atoms with van der Waals surface area (Å²) in [5.41, 5.74) is -3.70. The van der Waals surface area contributed by atoms with Gasteiger partial charge in [0.25, 0.3) is 0 Å². The van der Waals surface area contributed by atoms with Gasteiger partial charge in [0.2, 0.25) is 5.60 Å². The van der Waals surface area contributed by atoms with Gasteiger partial charge in [-0.05, 0) is 6.04 Å². The van der Waals surface area contributed by atoms with Crippen molar-refractivity contribution in [3.63, 3.8) is 0 Å². The second kappa shape index (κ2) is 11.7. The molecule has 1 N–H and O–H groups in total. The first-order chi connectivity index (χ1) is 17.5. The zero-order chi connectivity index (χ0) is 29.1. The lowest BCUT2D eigenvalue weighted by atomic mass is 9.86. The molecule has 0 heterocycles. The number of carbonyl (C=O) groups excluding carboxylic acids is 6. The maximum Gasteiger partial charge on any atom is 0.407 e. The molecule has 0 unspecified atom stereocenters. The van der Waals surface area contributed by atoms with Gasteiger partial charge in [0.05, 0.1) is 13.2 Å². The third kappa shape index (κ3) is 6.82. The van der Waals surface area contributed by atoms with Gasteiger partial charge in [0, 0.05) is 54.5 Å². The van der Waals surface area contributed by atoms with E-state index in [1.54, 1.807) is 0 Å². The molecule has 38 heavy (non-hydrogen) atoms. The molecule has 0 aromatic rings. The Morgan fingerprint density at radius 1 is 0.763 bits per heavy atom. The van der Waals surface area contributed by atoms with E-state index in [0.29, 0.717) is 6.04 Å². The van der Waals surface area contributed by atoms with Crippen LogP contribution in [0.4, 0.5) is 4.79 Å². The molecule has 14 heteroatoms. The van der Waals surface area contributed by atoms with E-state index >= 15 is 0 Å². The fraction of sp³-hybridized carbons (Fsp3) is 0.750. The predicted molar refractivity (Wildman–Crippen MR) is 131 cm³/mol. The van der Waals surface area contributed by atoms with Crippen molar-refractivity contribution in [2.24, 2.45) is 11.8 Å². The Bertz CT molecular complexity index is 978.